The average molecular weight is 181 g/mol. The smallest absolute Gasteiger partial charge is 0.0960 e. The van der Waals surface area contributed by atoms with Gasteiger partial charge in [0.25, 0.3) is 0 Å². The van der Waals surface area contributed by atoms with Gasteiger partial charge >= 0.3 is 0 Å². The Kier molecular flexibility index (Phi) is 2.66. The summed E-state index contributed by atoms with van der Waals surface area (Å²) in [6.07, 6.45) is 7.22. The minimum absolute atomic E-state index is 0.195. The Hall–Kier alpha value is -0.800. The van der Waals surface area contributed by atoms with E-state index in [4.69, 9.17) is 14.9 Å². The minimum Gasteiger partial charge on any atom is -0.472 e. The third kappa shape index (κ3) is 1.92. The molecule has 0 saturated carbocycles. The number of hydrogen-bond donors (Lipinski definition) is 1. The number of rotatable bonds is 2. The zero-order valence-electron chi connectivity index (χ0n) is 7.61. The maximum atomic E-state index is 5.79. The molecule has 0 amide bonds. The van der Waals surface area contributed by atoms with Gasteiger partial charge in [-0.1, -0.05) is 0 Å². The van der Waals surface area contributed by atoms with Crippen molar-refractivity contribution in [1.82, 2.24) is 0 Å². The van der Waals surface area contributed by atoms with E-state index in [9.17, 15) is 0 Å². The summed E-state index contributed by atoms with van der Waals surface area (Å²) >= 11 is 0. The molecule has 2 rings (SSSR count). The van der Waals surface area contributed by atoms with Crippen molar-refractivity contribution in [1.29, 1.82) is 0 Å². The largest absolute Gasteiger partial charge is 0.472 e. The predicted molar refractivity (Wildman–Crippen MR) is 49.2 cm³/mol. The summed E-state index contributed by atoms with van der Waals surface area (Å²) < 4.78 is 10.8. The lowest BCUT2D eigenvalue weighted by atomic mass is 10.0. The zero-order valence-corrected chi connectivity index (χ0v) is 7.61. The van der Waals surface area contributed by atoms with Gasteiger partial charge in [-0.15, -0.1) is 0 Å². The molecule has 1 aliphatic rings. The van der Waals surface area contributed by atoms with Gasteiger partial charge < -0.3 is 14.9 Å². The van der Waals surface area contributed by atoms with Crippen LogP contribution in [0.25, 0.3) is 0 Å². The van der Waals surface area contributed by atoms with Gasteiger partial charge in [0.05, 0.1) is 24.7 Å². The maximum absolute atomic E-state index is 5.79. The third-order valence-corrected chi connectivity index (χ3v) is 2.53. The maximum Gasteiger partial charge on any atom is 0.0960 e. The summed E-state index contributed by atoms with van der Waals surface area (Å²) in [6, 6.07) is 1.96. The molecule has 72 valence electrons. The first-order valence-electron chi connectivity index (χ1n) is 4.78. The fraction of sp³-hybridized carbons (Fsp3) is 0.600. The highest BCUT2D eigenvalue weighted by atomic mass is 16.5. The van der Waals surface area contributed by atoms with Crippen LogP contribution in [0.4, 0.5) is 0 Å². The molecular formula is C10H15NO2. The highest BCUT2D eigenvalue weighted by Crippen LogP contribution is 2.30. The standard InChI is InChI=1S/C10H15NO2/c11-6-9-2-1-3-10(13-9)8-4-5-12-7-8/h4-5,7,9-10H,1-3,6,11H2. The van der Waals surface area contributed by atoms with Gasteiger partial charge in [-0.05, 0) is 25.3 Å². The molecule has 1 aliphatic heterocycles. The van der Waals surface area contributed by atoms with E-state index in [2.05, 4.69) is 0 Å². The highest BCUT2D eigenvalue weighted by Gasteiger charge is 2.22. The van der Waals surface area contributed by atoms with Crippen LogP contribution in [-0.2, 0) is 4.74 Å². The van der Waals surface area contributed by atoms with Gasteiger partial charge in [0.15, 0.2) is 0 Å². The van der Waals surface area contributed by atoms with Crippen molar-refractivity contribution in [3.05, 3.63) is 24.2 Å². The van der Waals surface area contributed by atoms with E-state index in [1.807, 2.05) is 6.07 Å². The Balaban J connectivity index is 2.00. The predicted octanol–water partition coefficient (Wildman–Crippen LogP) is 1.85. The first kappa shape index (κ1) is 8.78. The Bertz CT molecular complexity index is 245. The monoisotopic (exact) mass is 181 g/mol. The molecule has 2 N–H and O–H groups in total. The van der Waals surface area contributed by atoms with Crippen LogP contribution in [0.15, 0.2) is 23.0 Å². The molecule has 0 bridgehead atoms. The van der Waals surface area contributed by atoms with Crippen LogP contribution in [0.2, 0.25) is 0 Å². The van der Waals surface area contributed by atoms with E-state index in [-0.39, 0.29) is 12.2 Å². The molecule has 0 radical (unpaired) electrons. The van der Waals surface area contributed by atoms with Gasteiger partial charge in [0.1, 0.15) is 0 Å². The van der Waals surface area contributed by atoms with E-state index >= 15 is 0 Å². The number of furan rings is 1. The average Bonchev–Trinajstić information content (AvgIpc) is 2.71. The first-order chi connectivity index (χ1) is 6.40. The second kappa shape index (κ2) is 3.94. The van der Waals surface area contributed by atoms with E-state index in [1.54, 1.807) is 12.5 Å². The molecule has 2 atom stereocenters. The lowest BCUT2D eigenvalue weighted by molar-refractivity contribution is -0.0464. The lowest BCUT2D eigenvalue weighted by Gasteiger charge is -2.28. The molecule has 2 unspecified atom stereocenters. The molecule has 1 aromatic rings. The highest BCUT2D eigenvalue weighted by molar-refractivity contribution is 5.10. The Morgan fingerprint density at radius 3 is 3.08 bits per heavy atom. The molecule has 0 aliphatic carbocycles. The molecular weight excluding hydrogens is 166 g/mol. The summed E-state index contributed by atoms with van der Waals surface area (Å²) in [5, 5.41) is 0. The minimum atomic E-state index is 0.195. The van der Waals surface area contributed by atoms with Crippen molar-refractivity contribution in [2.45, 2.75) is 31.5 Å². The summed E-state index contributed by atoms with van der Waals surface area (Å²) in [7, 11) is 0. The van der Waals surface area contributed by atoms with Crippen molar-refractivity contribution in [3.8, 4) is 0 Å². The Morgan fingerprint density at radius 2 is 2.38 bits per heavy atom. The molecule has 0 aromatic carbocycles. The molecule has 1 saturated heterocycles. The van der Waals surface area contributed by atoms with E-state index in [0.717, 1.165) is 18.4 Å². The quantitative estimate of drug-likeness (QED) is 0.757. The molecule has 2 heterocycles. The van der Waals surface area contributed by atoms with Gasteiger partial charge in [-0.2, -0.15) is 0 Å². The molecule has 0 spiro atoms. The van der Waals surface area contributed by atoms with Crippen LogP contribution in [0.5, 0.6) is 0 Å². The normalized spacial score (nSPS) is 29.0. The van der Waals surface area contributed by atoms with E-state index in [1.165, 1.54) is 6.42 Å². The van der Waals surface area contributed by atoms with Crippen LogP contribution < -0.4 is 5.73 Å². The van der Waals surface area contributed by atoms with Gasteiger partial charge in [0.2, 0.25) is 0 Å². The Labute approximate surface area is 77.9 Å². The third-order valence-electron chi connectivity index (χ3n) is 2.53. The molecule has 1 aromatic heterocycles. The topological polar surface area (TPSA) is 48.4 Å². The van der Waals surface area contributed by atoms with Gasteiger partial charge in [-0.25, -0.2) is 0 Å². The van der Waals surface area contributed by atoms with Crippen LogP contribution in [0.1, 0.15) is 30.9 Å². The SMILES string of the molecule is NCC1CCCC(c2ccoc2)O1. The van der Waals surface area contributed by atoms with Crippen molar-refractivity contribution < 1.29 is 9.15 Å². The fourth-order valence-electron chi connectivity index (χ4n) is 1.78. The van der Waals surface area contributed by atoms with Crippen molar-refractivity contribution in [2.75, 3.05) is 6.54 Å². The molecule has 13 heavy (non-hydrogen) atoms. The van der Waals surface area contributed by atoms with E-state index < -0.39 is 0 Å². The molecule has 3 heteroatoms. The zero-order chi connectivity index (χ0) is 9.10. The lowest BCUT2D eigenvalue weighted by Crippen LogP contribution is -2.29. The number of hydrogen-bond acceptors (Lipinski definition) is 3. The summed E-state index contributed by atoms with van der Waals surface area (Å²) in [5.74, 6) is 0. The van der Waals surface area contributed by atoms with Crippen LogP contribution in [0.3, 0.4) is 0 Å². The first-order valence-corrected chi connectivity index (χ1v) is 4.78. The Morgan fingerprint density at radius 1 is 1.46 bits per heavy atom. The summed E-state index contributed by atoms with van der Waals surface area (Å²) in [5.41, 5.74) is 6.71. The van der Waals surface area contributed by atoms with Crippen LogP contribution in [0, 0.1) is 0 Å². The van der Waals surface area contributed by atoms with Crippen LogP contribution in [-0.4, -0.2) is 12.6 Å². The fourth-order valence-corrected chi connectivity index (χ4v) is 1.78. The van der Waals surface area contributed by atoms with Crippen molar-refractivity contribution in [2.24, 2.45) is 5.73 Å². The molecule has 3 nitrogen and oxygen atoms in total. The number of ether oxygens (including phenoxy) is 1. The van der Waals surface area contributed by atoms with Crippen molar-refractivity contribution in [3.63, 3.8) is 0 Å². The summed E-state index contributed by atoms with van der Waals surface area (Å²) in [6.45, 7) is 0.619. The second-order valence-corrected chi connectivity index (χ2v) is 3.47. The molecule has 1 fully saturated rings. The number of nitrogens with two attached hydrogens (primary N) is 1. The second-order valence-electron chi connectivity index (χ2n) is 3.47. The van der Waals surface area contributed by atoms with Crippen LogP contribution >= 0.6 is 0 Å². The van der Waals surface area contributed by atoms with Gasteiger partial charge in [-0.3, -0.25) is 0 Å². The van der Waals surface area contributed by atoms with E-state index in [0.29, 0.717) is 6.54 Å². The summed E-state index contributed by atoms with van der Waals surface area (Å²) in [4.78, 5) is 0. The van der Waals surface area contributed by atoms with Gasteiger partial charge in [0, 0.05) is 12.1 Å². The van der Waals surface area contributed by atoms with Crippen molar-refractivity contribution >= 4 is 0 Å².